The Kier molecular flexibility index (Phi) is 5.13. The Balaban J connectivity index is 1.54. The summed E-state index contributed by atoms with van der Waals surface area (Å²) >= 11 is 0. The zero-order valence-electron chi connectivity index (χ0n) is 15.1. The maximum Gasteiger partial charge on any atom is 0.306 e. The van der Waals surface area contributed by atoms with Crippen LogP contribution < -0.4 is 5.32 Å². The molecular weight excluding hydrogens is 316 g/mol. The fraction of sp³-hybridized carbons (Fsp3) is 0.600. The van der Waals surface area contributed by atoms with Gasteiger partial charge in [0.15, 0.2) is 0 Å². The first kappa shape index (κ1) is 17.9. The summed E-state index contributed by atoms with van der Waals surface area (Å²) in [5, 5.41) is 12.2. The Morgan fingerprint density at radius 3 is 2.56 bits per heavy atom. The van der Waals surface area contributed by atoms with Crippen molar-refractivity contribution < 1.29 is 14.7 Å². The lowest BCUT2D eigenvalue weighted by Crippen LogP contribution is -2.53. The summed E-state index contributed by atoms with van der Waals surface area (Å²) in [7, 11) is 0. The van der Waals surface area contributed by atoms with Gasteiger partial charge in [-0.3, -0.25) is 14.5 Å². The van der Waals surface area contributed by atoms with E-state index in [9.17, 15) is 9.59 Å². The normalized spacial score (nSPS) is 23.9. The van der Waals surface area contributed by atoms with Gasteiger partial charge >= 0.3 is 5.97 Å². The number of aliphatic carboxylic acids is 1. The van der Waals surface area contributed by atoms with Gasteiger partial charge in [0.05, 0.1) is 5.92 Å². The topological polar surface area (TPSA) is 69.6 Å². The van der Waals surface area contributed by atoms with Crippen LogP contribution in [0.4, 0.5) is 0 Å². The maximum absolute atomic E-state index is 12.4. The first-order valence-electron chi connectivity index (χ1n) is 9.19. The Morgan fingerprint density at radius 1 is 1.20 bits per heavy atom. The first-order chi connectivity index (χ1) is 11.9. The van der Waals surface area contributed by atoms with Crippen molar-refractivity contribution in [3.63, 3.8) is 0 Å². The van der Waals surface area contributed by atoms with Gasteiger partial charge in [0.1, 0.15) is 0 Å². The summed E-state index contributed by atoms with van der Waals surface area (Å²) in [5.41, 5.74) is 2.66. The van der Waals surface area contributed by atoms with Crippen LogP contribution in [-0.2, 0) is 22.6 Å². The highest BCUT2D eigenvalue weighted by molar-refractivity contribution is 5.80. The van der Waals surface area contributed by atoms with Crippen molar-refractivity contribution in [2.45, 2.75) is 51.6 Å². The van der Waals surface area contributed by atoms with E-state index in [1.54, 1.807) is 0 Å². The van der Waals surface area contributed by atoms with E-state index in [1.807, 2.05) is 0 Å². The van der Waals surface area contributed by atoms with Gasteiger partial charge in [-0.15, -0.1) is 0 Å². The third-order valence-electron chi connectivity index (χ3n) is 5.83. The Bertz CT molecular complexity index is 656. The predicted molar refractivity (Wildman–Crippen MR) is 96.1 cm³/mol. The molecule has 1 saturated carbocycles. The van der Waals surface area contributed by atoms with Gasteiger partial charge in [-0.2, -0.15) is 0 Å². The molecule has 2 N–H and O–H groups in total. The number of hydrogen-bond donors (Lipinski definition) is 2. The molecule has 0 unspecified atom stereocenters. The van der Waals surface area contributed by atoms with E-state index < -0.39 is 5.97 Å². The molecule has 1 aromatic rings. The fourth-order valence-corrected chi connectivity index (χ4v) is 4.02. The van der Waals surface area contributed by atoms with Gasteiger partial charge < -0.3 is 10.4 Å². The lowest BCUT2D eigenvalue weighted by atomic mass is 9.93. The number of nitrogens with one attached hydrogen (secondary N) is 1. The average Bonchev–Trinajstić information content (AvgIpc) is 3.10. The quantitative estimate of drug-likeness (QED) is 0.861. The summed E-state index contributed by atoms with van der Waals surface area (Å²) in [6.45, 7) is 6.81. The molecule has 1 fully saturated rings. The van der Waals surface area contributed by atoms with Crippen molar-refractivity contribution in [2.75, 3.05) is 13.1 Å². The van der Waals surface area contributed by atoms with Crippen LogP contribution in [-0.4, -0.2) is 40.5 Å². The van der Waals surface area contributed by atoms with Gasteiger partial charge in [-0.1, -0.05) is 24.3 Å². The number of carboxylic acids is 1. The number of benzene rings is 1. The molecule has 5 nitrogen and oxygen atoms in total. The second-order valence-corrected chi connectivity index (χ2v) is 8.02. The van der Waals surface area contributed by atoms with Crippen LogP contribution in [0.3, 0.4) is 0 Å². The molecule has 1 aliphatic carbocycles. The van der Waals surface area contributed by atoms with Crippen LogP contribution in [0.1, 0.15) is 44.2 Å². The van der Waals surface area contributed by atoms with Crippen molar-refractivity contribution in [3.05, 3.63) is 35.4 Å². The predicted octanol–water partition coefficient (Wildman–Crippen LogP) is 2.44. The largest absolute Gasteiger partial charge is 0.481 e. The highest BCUT2D eigenvalue weighted by atomic mass is 16.4. The Hall–Kier alpha value is -1.88. The van der Waals surface area contributed by atoms with Gasteiger partial charge in [0, 0.05) is 31.1 Å². The number of carboxylic acid groups (broad SMARTS) is 1. The Labute approximate surface area is 149 Å². The third-order valence-corrected chi connectivity index (χ3v) is 5.83. The zero-order valence-corrected chi connectivity index (χ0v) is 15.1. The molecule has 1 heterocycles. The van der Waals surface area contributed by atoms with E-state index in [-0.39, 0.29) is 23.3 Å². The van der Waals surface area contributed by atoms with E-state index in [1.165, 1.54) is 11.1 Å². The Morgan fingerprint density at radius 2 is 1.88 bits per heavy atom. The molecule has 2 aliphatic rings. The molecule has 0 aromatic heterocycles. The second-order valence-electron chi connectivity index (χ2n) is 8.02. The summed E-state index contributed by atoms with van der Waals surface area (Å²) in [6, 6.07) is 8.54. The third kappa shape index (κ3) is 4.03. The number of amides is 1. The summed E-state index contributed by atoms with van der Waals surface area (Å²) < 4.78 is 0. The molecule has 1 aromatic carbocycles. The molecule has 25 heavy (non-hydrogen) atoms. The number of nitrogens with zero attached hydrogens (tertiary/aromatic N) is 1. The highest BCUT2D eigenvalue weighted by Gasteiger charge is 2.35. The van der Waals surface area contributed by atoms with Gasteiger partial charge in [0.25, 0.3) is 0 Å². The van der Waals surface area contributed by atoms with E-state index in [2.05, 4.69) is 48.3 Å². The molecule has 0 saturated heterocycles. The molecule has 1 amide bonds. The number of fused-ring (bicyclic) bond motifs is 1. The van der Waals surface area contributed by atoms with Crippen molar-refractivity contribution in [1.29, 1.82) is 0 Å². The van der Waals surface area contributed by atoms with Gasteiger partial charge in [-0.25, -0.2) is 0 Å². The molecule has 136 valence electrons. The van der Waals surface area contributed by atoms with E-state index in [0.717, 1.165) is 19.5 Å². The second kappa shape index (κ2) is 7.16. The van der Waals surface area contributed by atoms with E-state index >= 15 is 0 Å². The molecule has 0 spiro atoms. The van der Waals surface area contributed by atoms with Crippen LogP contribution in [0, 0.1) is 11.8 Å². The standard InChI is InChI=1S/C20H28N2O3/c1-20(2,22-10-9-14-5-3-4-6-17(14)12-22)13-21-18(23)15-7-8-16(11-15)19(24)25/h3-6,15-16H,7-13H2,1-2H3,(H,21,23)(H,24,25)/t15-,16+/m1/s1. The smallest absolute Gasteiger partial charge is 0.306 e. The monoisotopic (exact) mass is 344 g/mol. The van der Waals surface area contributed by atoms with Crippen LogP contribution in [0.15, 0.2) is 24.3 Å². The van der Waals surface area contributed by atoms with E-state index in [0.29, 0.717) is 25.8 Å². The molecule has 2 atom stereocenters. The van der Waals surface area contributed by atoms with Gasteiger partial charge in [-0.05, 0) is 50.7 Å². The molecular formula is C20H28N2O3. The zero-order chi connectivity index (χ0) is 18.0. The summed E-state index contributed by atoms with van der Waals surface area (Å²) in [5.74, 6) is -1.28. The highest BCUT2D eigenvalue weighted by Crippen LogP contribution is 2.31. The number of rotatable bonds is 5. The maximum atomic E-state index is 12.4. The average molecular weight is 344 g/mol. The SMILES string of the molecule is CC(C)(CNC(=O)[C@@H]1CC[C@H](C(=O)O)C1)N1CCc2ccccc2C1. The lowest BCUT2D eigenvalue weighted by Gasteiger charge is -2.41. The minimum Gasteiger partial charge on any atom is -0.481 e. The van der Waals surface area contributed by atoms with Crippen molar-refractivity contribution >= 4 is 11.9 Å². The van der Waals surface area contributed by atoms with Crippen LogP contribution >= 0.6 is 0 Å². The molecule has 0 bridgehead atoms. The molecule has 1 aliphatic heterocycles. The van der Waals surface area contributed by atoms with E-state index in [4.69, 9.17) is 5.11 Å². The van der Waals surface area contributed by atoms with Crippen LogP contribution in [0.5, 0.6) is 0 Å². The molecule has 3 rings (SSSR count). The summed E-state index contributed by atoms with van der Waals surface area (Å²) in [6.07, 6.45) is 2.80. The van der Waals surface area contributed by atoms with Crippen LogP contribution in [0.2, 0.25) is 0 Å². The number of carbonyl (C=O) groups is 2. The van der Waals surface area contributed by atoms with Crippen molar-refractivity contribution in [1.82, 2.24) is 10.2 Å². The molecule has 0 radical (unpaired) electrons. The fourth-order valence-electron chi connectivity index (χ4n) is 4.02. The lowest BCUT2D eigenvalue weighted by molar-refractivity contribution is -0.141. The van der Waals surface area contributed by atoms with Gasteiger partial charge in [0.2, 0.25) is 5.91 Å². The first-order valence-corrected chi connectivity index (χ1v) is 9.19. The molecule has 5 heteroatoms. The van der Waals surface area contributed by atoms with Crippen molar-refractivity contribution in [2.24, 2.45) is 11.8 Å². The van der Waals surface area contributed by atoms with Crippen molar-refractivity contribution in [3.8, 4) is 0 Å². The summed E-state index contributed by atoms with van der Waals surface area (Å²) in [4.78, 5) is 25.9. The number of hydrogen-bond acceptors (Lipinski definition) is 3. The minimum absolute atomic E-state index is 0.00855. The van der Waals surface area contributed by atoms with Crippen LogP contribution in [0.25, 0.3) is 0 Å². The minimum atomic E-state index is -0.775. The number of carbonyl (C=O) groups excluding carboxylic acids is 1.